The SMILES string of the molecule is NCC1c2ccccc2OC12CCCCC2. The summed E-state index contributed by atoms with van der Waals surface area (Å²) in [5.41, 5.74) is 7.32. The second kappa shape index (κ2) is 3.77. The summed E-state index contributed by atoms with van der Waals surface area (Å²) in [6.07, 6.45) is 6.25. The first-order valence-corrected chi connectivity index (χ1v) is 6.34. The minimum absolute atomic E-state index is 0.0245. The lowest BCUT2D eigenvalue weighted by atomic mass is 9.74. The van der Waals surface area contributed by atoms with Crippen LogP contribution in [0.5, 0.6) is 5.75 Å². The molecule has 0 aromatic heterocycles. The van der Waals surface area contributed by atoms with Gasteiger partial charge in [0.2, 0.25) is 0 Å². The molecule has 16 heavy (non-hydrogen) atoms. The summed E-state index contributed by atoms with van der Waals surface area (Å²) in [5, 5.41) is 0. The Bertz CT molecular complexity index is 382. The number of fused-ring (bicyclic) bond motifs is 1. The van der Waals surface area contributed by atoms with Gasteiger partial charge in [-0.3, -0.25) is 0 Å². The summed E-state index contributed by atoms with van der Waals surface area (Å²) in [5.74, 6) is 1.48. The van der Waals surface area contributed by atoms with Crippen LogP contribution in [0.1, 0.15) is 43.6 Å². The fourth-order valence-electron chi connectivity index (χ4n) is 3.38. The Kier molecular flexibility index (Phi) is 2.40. The van der Waals surface area contributed by atoms with Crippen molar-refractivity contribution >= 4 is 0 Å². The van der Waals surface area contributed by atoms with E-state index in [-0.39, 0.29) is 5.60 Å². The van der Waals surface area contributed by atoms with Gasteiger partial charge in [0.1, 0.15) is 11.4 Å². The highest BCUT2D eigenvalue weighted by Gasteiger charge is 2.47. The molecule has 1 saturated carbocycles. The van der Waals surface area contributed by atoms with Crippen LogP contribution in [0.2, 0.25) is 0 Å². The zero-order valence-electron chi connectivity index (χ0n) is 9.61. The highest BCUT2D eigenvalue weighted by atomic mass is 16.5. The topological polar surface area (TPSA) is 35.2 Å². The van der Waals surface area contributed by atoms with Crippen LogP contribution in [0.3, 0.4) is 0 Å². The molecule has 3 rings (SSSR count). The maximum Gasteiger partial charge on any atom is 0.123 e. The molecule has 2 nitrogen and oxygen atoms in total. The summed E-state index contributed by atoms with van der Waals surface area (Å²) >= 11 is 0. The van der Waals surface area contributed by atoms with Crippen molar-refractivity contribution in [3.8, 4) is 5.75 Å². The summed E-state index contributed by atoms with van der Waals surface area (Å²) in [6.45, 7) is 0.705. The molecule has 2 heteroatoms. The molecule has 1 spiro atoms. The lowest BCUT2D eigenvalue weighted by molar-refractivity contribution is 0.0309. The second-order valence-electron chi connectivity index (χ2n) is 5.05. The fraction of sp³-hybridized carbons (Fsp3) is 0.571. The zero-order chi connectivity index (χ0) is 11.0. The summed E-state index contributed by atoms with van der Waals surface area (Å²) in [6, 6.07) is 8.40. The molecule has 1 aliphatic heterocycles. The smallest absolute Gasteiger partial charge is 0.123 e. The normalized spacial score (nSPS) is 26.4. The van der Waals surface area contributed by atoms with Gasteiger partial charge in [-0.1, -0.05) is 24.6 Å². The van der Waals surface area contributed by atoms with Gasteiger partial charge in [-0.05, 0) is 31.7 Å². The number of ether oxygens (including phenoxy) is 1. The van der Waals surface area contributed by atoms with E-state index in [1.54, 1.807) is 0 Å². The average Bonchev–Trinajstić information content (AvgIpc) is 2.62. The predicted octanol–water partition coefficient (Wildman–Crippen LogP) is 2.82. The quantitative estimate of drug-likeness (QED) is 0.785. The van der Waals surface area contributed by atoms with Gasteiger partial charge in [-0.25, -0.2) is 0 Å². The van der Waals surface area contributed by atoms with Gasteiger partial charge in [0.25, 0.3) is 0 Å². The number of para-hydroxylation sites is 1. The van der Waals surface area contributed by atoms with Gasteiger partial charge in [0.05, 0.1) is 0 Å². The predicted molar refractivity (Wildman–Crippen MR) is 64.7 cm³/mol. The third kappa shape index (κ3) is 1.36. The maximum absolute atomic E-state index is 6.26. The van der Waals surface area contributed by atoms with Crippen molar-refractivity contribution in [2.45, 2.75) is 43.6 Å². The minimum atomic E-state index is 0.0245. The molecule has 1 heterocycles. The van der Waals surface area contributed by atoms with E-state index in [0.717, 1.165) is 5.75 Å². The molecule has 1 aromatic carbocycles. The van der Waals surface area contributed by atoms with Gasteiger partial charge in [-0.2, -0.15) is 0 Å². The molecule has 0 bridgehead atoms. The Morgan fingerprint density at radius 3 is 2.69 bits per heavy atom. The van der Waals surface area contributed by atoms with E-state index in [1.807, 2.05) is 6.07 Å². The van der Waals surface area contributed by atoms with Crippen LogP contribution in [0.25, 0.3) is 0 Å². The number of nitrogens with two attached hydrogens (primary N) is 1. The van der Waals surface area contributed by atoms with E-state index in [1.165, 1.54) is 37.7 Å². The molecule has 2 N–H and O–H groups in total. The third-order valence-corrected chi connectivity index (χ3v) is 4.18. The number of hydrogen-bond acceptors (Lipinski definition) is 2. The molecule has 1 atom stereocenters. The number of hydrogen-bond donors (Lipinski definition) is 1. The van der Waals surface area contributed by atoms with Gasteiger partial charge in [0.15, 0.2) is 0 Å². The van der Waals surface area contributed by atoms with Crippen LogP contribution < -0.4 is 10.5 Å². The summed E-state index contributed by atoms with van der Waals surface area (Å²) < 4.78 is 6.26. The third-order valence-electron chi connectivity index (χ3n) is 4.18. The first-order valence-electron chi connectivity index (χ1n) is 6.34. The van der Waals surface area contributed by atoms with Crippen LogP contribution >= 0.6 is 0 Å². The monoisotopic (exact) mass is 217 g/mol. The maximum atomic E-state index is 6.26. The van der Waals surface area contributed by atoms with Crippen molar-refractivity contribution in [2.75, 3.05) is 6.54 Å². The van der Waals surface area contributed by atoms with E-state index in [4.69, 9.17) is 10.5 Å². The van der Waals surface area contributed by atoms with Crippen molar-refractivity contribution in [1.82, 2.24) is 0 Å². The van der Waals surface area contributed by atoms with E-state index < -0.39 is 0 Å². The van der Waals surface area contributed by atoms with Crippen molar-refractivity contribution in [1.29, 1.82) is 0 Å². The van der Waals surface area contributed by atoms with Crippen molar-refractivity contribution < 1.29 is 4.74 Å². The molecule has 0 radical (unpaired) electrons. The molecule has 0 amide bonds. The second-order valence-corrected chi connectivity index (χ2v) is 5.05. The van der Waals surface area contributed by atoms with Crippen molar-refractivity contribution in [3.05, 3.63) is 29.8 Å². The van der Waals surface area contributed by atoms with Crippen molar-refractivity contribution in [3.63, 3.8) is 0 Å². The van der Waals surface area contributed by atoms with Crippen LogP contribution in [0.15, 0.2) is 24.3 Å². The Morgan fingerprint density at radius 2 is 1.94 bits per heavy atom. The lowest BCUT2D eigenvalue weighted by Crippen LogP contribution is -2.42. The van der Waals surface area contributed by atoms with Gasteiger partial charge < -0.3 is 10.5 Å². The Labute approximate surface area is 96.8 Å². The Morgan fingerprint density at radius 1 is 1.19 bits per heavy atom. The largest absolute Gasteiger partial charge is 0.486 e. The molecule has 0 saturated heterocycles. The highest BCUT2D eigenvalue weighted by molar-refractivity contribution is 5.43. The summed E-state index contributed by atoms with van der Waals surface area (Å²) in [7, 11) is 0. The molecule has 1 aromatic rings. The molecule has 1 aliphatic carbocycles. The molecular formula is C14H19NO. The van der Waals surface area contributed by atoms with E-state index in [0.29, 0.717) is 12.5 Å². The number of benzene rings is 1. The lowest BCUT2D eigenvalue weighted by Gasteiger charge is -2.37. The fourth-order valence-corrected chi connectivity index (χ4v) is 3.38. The van der Waals surface area contributed by atoms with E-state index in [9.17, 15) is 0 Å². The summed E-state index contributed by atoms with van der Waals surface area (Å²) in [4.78, 5) is 0. The first kappa shape index (κ1) is 10.2. The average molecular weight is 217 g/mol. The molecular weight excluding hydrogens is 198 g/mol. The van der Waals surface area contributed by atoms with Crippen LogP contribution in [0, 0.1) is 0 Å². The minimum Gasteiger partial charge on any atom is -0.486 e. The van der Waals surface area contributed by atoms with Gasteiger partial charge in [-0.15, -0.1) is 0 Å². The first-order chi connectivity index (χ1) is 7.86. The molecule has 1 unspecified atom stereocenters. The van der Waals surface area contributed by atoms with E-state index >= 15 is 0 Å². The van der Waals surface area contributed by atoms with Crippen LogP contribution in [-0.2, 0) is 0 Å². The molecule has 1 fully saturated rings. The highest BCUT2D eigenvalue weighted by Crippen LogP contribution is 2.50. The molecule has 2 aliphatic rings. The van der Waals surface area contributed by atoms with Crippen LogP contribution in [-0.4, -0.2) is 12.1 Å². The van der Waals surface area contributed by atoms with E-state index in [2.05, 4.69) is 18.2 Å². The standard InChI is InChI=1S/C14H19NO/c15-10-12-11-6-2-3-7-13(11)16-14(12)8-4-1-5-9-14/h2-3,6-7,12H,1,4-5,8-10,15H2. The van der Waals surface area contributed by atoms with Crippen molar-refractivity contribution in [2.24, 2.45) is 5.73 Å². The zero-order valence-corrected chi connectivity index (χ0v) is 9.61. The van der Waals surface area contributed by atoms with Crippen LogP contribution in [0.4, 0.5) is 0 Å². The van der Waals surface area contributed by atoms with Gasteiger partial charge >= 0.3 is 0 Å². The Balaban J connectivity index is 1.99. The van der Waals surface area contributed by atoms with Gasteiger partial charge in [0, 0.05) is 18.0 Å². The number of rotatable bonds is 1. The molecule has 86 valence electrons. The Hall–Kier alpha value is -1.02.